The molecule has 0 aromatic carbocycles. The van der Waals surface area contributed by atoms with Crippen LogP contribution in [0.25, 0.3) is 11.2 Å². The third kappa shape index (κ3) is 5.18. The van der Waals surface area contributed by atoms with E-state index in [1.807, 2.05) is 0 Å². The van der Waals surface area contributed by atoms with E-state index in [0.29, 0.717) is 35.4 Å². The minimum Gasteiger partial charge on any atom is -0.463 e. The number of anilines is 2. The Labute approximate surface area is 230 Å². The van der Waals surface area contributed by atoms with E-state index in [-0.39, 0.29) is 17.7 Å². The van der Waals surface area contributed by atoms with Crippen molar-refractivity contribution in [3.63, 3.8) is 0 Å². The van der Waals surface area contributed by atoms with Gasteiger partial charge in [-0.2, -0.15) is 9.98 Å². The topological polar surface area (TPSA) is 135 Å². The Balaban J connectivity index is 1.46. The molecule has 10 nitrogen and oxygen atoms in total. The first-order valence-electron chi connectivity index (χ1n) is 15.3. The molecule has 2 aromatic heterocycles. The van der Waals surface area contributed by atoms with Gasteiger partial charge in [0.25, 0.3) is 0 Å². The number of nitrogens with zero attached hydrogens (tertiary/aromatic N) is 6. The number of hydrogen-bond acceptors (Lipinski definition) is 6. The van der Waals surface area contributed by atoms with E-state index >= 15 is 0 Å². The fourth-order valence-electron chi connectivity index (χ4n) is 7.56. The van der Waals surface area contributed by atoms with Crippen molar-refractivity contribution in [2.45, 2.75) is 122 Å². The maximum Gasteiger partial charge on any atom is 0.433 e. The van der Waals surface area contributed by atoms with Crippen molar-refractivity contribution in [2.75, 3.05) is 10.2 Å². The molecule has 4 N–H and O–H groups in total. The number of aliphatic imine (C=N–C) groups is 1. The number of amides is 1. The summed E-state index contributed by atoms with van der Waals surface area (Å²) in [5.74, 6) is 3.67. The fourth-order valence-corrected chi connectivity index (χ4v) is 7.56. The number of fused-ring (bicyclic) bond motifs is 3. The standard InChI is InChI=1S/C29H44N8O2/c1-3-18-10-12-19(13-11-18)16-36-23-25(31-17(2)20-6-4-7-20)33-27(24(30)32-29(38)39)34-26(23)35-28(36)37-21-8-5-9-22(37)15-14-21/h17-22H,3-16H2,1-2H3,(H2,30,32)(H,38,39)(H,31,33,34)/t17-,18?,19?,21?,22?/m1/s1. The van der Waals surface area contributed by atoms with Crippen molar-refractivity contribution in [2.24, 2.45) is 28.5 Å². The highest BCUT2D eigenvalue weighted by Gasteiger charge is 2.40. The van der Waals surface area contributed by atoms with Gasteiger partial charge < -0.3 is 25.6 Å². The quantitative estimate of drug-likeness (QED) is 0.295. The summed E-state index contributed by atoms with van der Waals surface area (Å²) >= 11 is 0. The molecule has 0 spiro atoms. The van der Waals surface area contributed by atoms with Crippen LogP contribution < -0.4 is 16.0 Å². The summed E-state index contributed by atoms with van der Waals surface area (Å²) in [5.41, 5.74) is 7.57. The summed E-state index contributed by atoms with van der Waals surface area (Å²) in [6.07, 6.45) is 14.8. The van der Waals surface area contributed by atoms with Crippen molar-refractivity contribution in [3.05, 3.63) is 5.82 Å². The predicted molar refractivity (Wildman–Crippen MR) is 153 cm³/mol. The first kappa shape index (κ1) is 26.3. The average Bonchev–Trinajstić information content (AvgIpc) is 3.35. The number of nitrogens with two attached hydrogens (primary N) is 1. The maximum atomic E-state index is 11.3. The number of piperidine rings is 1. The van der Waals surface area contributed by atoms with E-state index in [4.69, 9.17) is 20.7 Å². The van der Waals surface area contributed by atoms with Gasteiger partial charge in [0.1, 0.15) is 5.52 Å². The van der Waals surface area contributed by atoms with E-state index in [9.17, 15) is 9.90 Å². The van der Waals surface area contributed by atoms with Crippen molar-refractivity contribution >= 4 is 34.9 Å². The van der Waals surface area contributed by atoms with Crippen molar-refractivity contribution < 1.29 is 9.90 Å². The number of carboxylic acid groups (broad SMARTS) is 1. The van der Waals surface area contributed by atoms with Crippen LogP contribution >= 0.6 is 0 Å². The van der Waals surface area contributed by atoms with Crippen LogP contribution in [0.4, 0.5) is 16.6 Å². The Morgan fingerprint density at radius 1 is 1.00 bits per heavy atom. The molecule has 2 aromatic rings. The molecule has 2 saturated carbocycles. The second-order valence-corrected chi connectivity index (χ2v) is 12.5. The summed E-state index contributed by atoms with van der Waals surface area (Å²) in [5, 5.41) is 12.9. The first-order valence-corrected chi connectivity index (χ1v) is 15.3. The van der Waals surface area contributed by atoms with Gasteiger partial charge in [-0.25, -0.2) is 14.8 Å². The molecule has 2 bridgehead atoms. The zero-order valence-electron chi connectivity index (χ0n) is 23.5. The number of amidine groups is 1. The van der Waals surface area contributed by atoms with Crippen LogP contribution in [-0.2, 0) is 6.54 Å². The van der Waals surface area contributed by atoms with Crippen LogP contribution in [0.3, 0.4) is 0 Å². The van der Waals surface area contributed by atoms with Crippen molar-refractivity contribution in [3.8, 4) is 0 Å². The number of hydrogen-bond donors (Lipinski definition) is 3. The molecular formula is C29H44N8O2. The summed E-state index contributed by atoms with van der Waals surface area (Å²) in [4.78, 5) is 32.1. The van der Waals surface area contributed by atoms with Gasteiger partial charge in [-0.05, 0) is 82.5 Å². The lowest BCUT2D eigenvalue weighted by Gasteiger charge is -2.37. The molecule has 10 heteroatoms. The molecule has 2 saturated heterocycles. The minimum atomic E-state index is -1.35. The number of aromatic nitrogens is 4. The van der Waals surface area contributed by atoms with Gasteiger partial charge in [0, 0.05) is 24.7 Å². The van der Waals surface area contributed by atoms with Gasteiger partial charge in [0.15, 0.2) is 23.1 Å². The van der Waals surface area contributed by atoms with Gasteiger partial charge in [-0.15, -0.1) is 0 Å². The highest BCUT2D eigenvalue weighted by Crippen LogP contribution is 2.42. The second kappa shape index (κ2) is 10.9. The fraction of sp³-hybridized carbons (Fsp3) is 0.759. The van der Waals surface area contributed by atoms with E-state index in [0.717, 1.165) is 23.9 Å². The molecule has 3 atom stereocenters. The Bertz CT molecular complexity index is 1210. The normalized spacial score (nSPS) is 28.5. The minimum absolute atomic E-state index is 0.120. The maximum absolute atomic E-state index is 11.3. The second-order valence-electron chi connectivity index (χ2n) is 12.5. The Kier molecular flexibility index (Phi) is 7.37. The Hall–Kier alpha value is -2.91. The van der Waals surface area contributed by atoms with Gasteiger partial charge in [-0.3, -0.25) is 0 Å². The molecule has 4 fully saturated rings. The van der Waals surface area contributed by atoms with E-state index in [2.05, 4.69) is 33.6 Å². The molecule has 0 radical (unpaired) electrons. The zero-order chi connectivity index (χ0) is 27.1. The molecule has 2 unspecified atom stereocenters. The van der Waals surface area contributed by atoms with E-state index in [1.54, 1.807) is 0 Å². The highest BCUT2D eigenvalue weighted by atomic mass is 16.4. The lowest BCUT2D eigenvalue weighted by atomic mass is 9.80. The SMILES string of the molecule is CCC1CCC(Cn2c(N3C4CCCC3CC4)nc3nc(/C(N)=N/C(=O)O)nc(N[C@H](C)C4CCC4)c32)CC1. The molecule has 2 aliphatic carbocycles. The molecule has 6 rings (SSSR count). The summed E-state index contributed by atoms with van der Waals surface area (Å²) in [7, 11) is 0. The number of rotatable bonds is 8. The largest absolute Gasteiger partial charge is 0.463 e. The smallest absolute Gasteiger partial charge is 0.433 e. The zero-order valence-corrected chi connectivity index (χ0v) is 23.5. The Morgan fingerprint density at radius 3 is 2.28 bits per heavy atom. The van der Waals surface area contributed by atoms with Crippen LogP contribution in [0.2, 0.25) is 0 Å². The lowest BCUT2D eigenvalue weighted by molar-refractivity contribution is 0.205. The van der Waals surface area contributed by atoms with Gasteiger partial charge in [-0.1, -0.05) is 32.6 Å². The molecule has 4 aliphatic rings. The summed E-state index contributed by atoms with van der Waals surface area (Å²) < 4.78 is 2.41. The van der Waals surface area contributed by atoms with Crippen LogP contribution in [0, 0.1) is 17.8 Å². The van der Waals surface area contributed by atoms with Crippen LogP contribution in [0.5, 0.6) is 0 Å². The number of nitrogens with one attached hydrogen (secondary N) is 1. The molecule has 1 amide bonds. The van der Waals surface area contributed by atoms with Gasteiger partial charge >= 0.3 is 6.09 Å². The molecule has 39 heavy (non-hydrogen) atoms. The van der Waals surface area contributed by atoms with E-state index in [1.165, 1.54) is 83.5 Å². The highest BCUT2D eigenvalue weighted by molar-refractivity contribution is 6.01. The monoisotopic (exact) mass is 536 g/mol. The number of carbonyl (C=O) groups is 1. The summed E-state index contributed by atoms with van der Waals surface area (Å²) in [6.45, 7) is 5.44. The molecule has 2 aliphatic heterocycles. The molecular weight excluding hydrogens is 492 g/mol. The third-order valence-electron chi connectivity index (χ3n) is 10.2. The lowest BCUT2D eigenvalue weighted by Crippen LogP contribution is -2.41. The van der Waals surface area contributed by atoms with Gasteiger partial charge in [0.05, 0.1) is 0 Å². The van der Waals surface area contributed by atoms with E-state index < -0.39 is 6.09 Å². The predicted octanol–water partition coefficient (Wildman–Crippen LogP) is 5.55. The summed E-state index contributed by atoms with van der Waals surface area (Å²) in [6, 6.07) is 1.28. The van der Waals surface area contributed by atoms with Gasteiger partial charge in [0.2, 0.25) is 5.95 Å². The molecule has 212 valence electrons. The molecule has 4 heterocycles. The first-order chi connectivity index (χ1) is 18.9. The van der Waals surface area contributed by atoms with Crippen molar-refractivity contribution in [1.29, 1.82) is 0 Å². The van der Waals surface area contributed by atoms with Crippen LogP contribution in [0.1, 0.15) is 103 Å². The van der Waals surface area contributed by atoms with Crippen LogP contribution in [0.15, 0.2) is 4.99 Å². The number of imidazole rings is 1. The average molecular weight is 537 g/mol. The Morgan fingerprint density at radius 2 is 1.67 bits per heavy atom. The van der Waals surface area contributed by atoms with Crippen molar-refractivity contribution in [1.82, 2.24) is 19.5 Å². The van der Waals surface area contributed by atoms with Crippen LogP contribution in [-0.4, -0.2) is 54.7 Å². The third-order valence-corrected chi connectivity index (χ3v) is 10.2.